The topological polar surface area (TPSA) is 77.4 Å². The Morgan fingerprint density at radius 1 is 1.24 bits per heavy atom. The number of ether oxygens (including phenoxy) is 2. The Hall–Kier alpha value is -3.02. The molecule has 2 heterocycles. The maximum atomic E-state index is 11.1. The van der Waals surface area contributed by atoms with Gasteiger partial charge in [0.2, 0.25) is 5.88 Å². The summed E-state index contributed by atoms with van der Waals surface area (Å²) in [6.07, 6.45) is 2.32. The molecule has 6 nitrogen and oxygen atoms in total. The quantitative estimate of drug-likeness (QED) is 0.713. The molecule has 3 rings (SSSR count). The van der Waals surface area contributed by atoms with Gasteiger partial charge in [0.05, 0.1) is 12.7 Å². The third-order valence-corrected chi connectivity index (χ3v) is 3.60. The molecule has 0 amide bonds. The van der Waals surface area contributed by atoms with Crippen LogP contribution in [0.5, 0.6) is 11.6 Å². The minimum atomic E-state index is -0.279. The van der Waals surface area contributed by atoms with Crippen molar-refractivity contribution in [2.75, 3.05) is 6.61 Å². The molecule has 0 aliphatic rings. The molecule has 2 aromatic heterocycles. The van der Waals surface area contributed by atoms with Crippen LogP contribution < -0.4 is 15.0 Å². The molecule has 3 aromatic rings. The van der Waals surface area contributed by atoms with Gasteiger partial charge in [-0.2, -0.15) is 5.16 Å². The molecule has 1 N–H and O–H groups in total. The number of rotatable bonds is 7. The first-order chi connectivity index (χ1) is 12.1. The zero-order chi connectivity index (χ0) is 17.6. The SMILES string of the molecule is CCOc1cccc(CC(C)Oc2ccc(-c3cc(=O)[nH]o3)cn2)c1. The zero-order valence-corrected chi connectivity index (χ0v) is 14.2. The molecule has 0 bridgehead atoms. The van der Waals surface area contributed by atoms with Gasteiger partial charge >= 0.3 is 0 Å². The van der Waals surface area contributed by atoms with Gasteiger partial charge in [0.15, 0.2) is 5.76 Å². The van der Waals surface area contributed by atoms with Crippen molar-refractivity contribution in [2.24, 2.45) is 0 Å². The molecule has 0 saturated heterocycles. The smallest absolute Gasteiger partial charge is 0.280 e. The number of hydrogen-bond donors (Lipinski definition) is 1. The summed E-state index contributed by atoms with van der Waals surface area (Å²) >= 11 is 0. The molecular weight excluding hydrogens is 320 g/mol. The van der Waals surface area contributed by atoms with E-state index in [2.05, 4.69) is 10.1 Å². The Morgan fingerprint density at radius 2 is 2.12 bits per heavy atom. The second-order valence-electron chi connectivity index (χ2n) is 5.68. The minimum Gasteiger partial charge on any atom is -0.494 e. The number of benzene rings is 1. The van der Waals surface area contributed by atoms with Crippen LogP contribution in [0.15, 0.2) is 58.0 Å². The monoisotopic (exact) mass is 340 g/mol. The summed E-state index contributed by atoms with van der Waals surface area (Å²) in [5, 5.41) is 2.25. The van der Waals surface area contributed by atoms with Crippen molar-refractivity contribution in [3.63, 3.8) is 0 Å². The average molecular weight is 340 g/mol. The van der Waals surface area contributed by atoms with Crippen LogP contribution in [-0.4, -0.2) is 22.9 Å². The Bertz CT molecular complexity index is 867. The summed E-state index contributed by atoms with van der Waals surface area (Å²) in [5.41, 5.74) is 1.57. The number of nitrogens with zero attached hydrogens (tertiary/aromatic N) is 1. The minimum absolute atomic E-state index is 0.0413. The van der Waals surface area contributed by atoms with E-state index in [1.54, 1.807) is 18.3 Å². The van der Waals surface area contributed by atoms with E-state index < -0.39 is 0 Å². The van der Waals surface area contributed by atoms with E-state index in [-0.39, 0.29) is 11.7 Å². The van der Waals surface area contributed by atoms with E-state index >= 15 is 0 Å². The maximum Gasteiger partial charge on any atom is 0.280 e. The van der Waals surface area contributed by atoms with Gasteiger partial charge in [0.25, 0.3) is 5.56 Å². The number of pyridine rings is 1. The Kier molecular flexibility index (Phi) is 5.18. The van der Waals surface area contributed by atoms with Gasteiger partial charge in [-0.15, -0.1) is 0 Å². The van der Waals surface area contributed by atoms with E-state index in [0.717, 1.165) is 17.7 Å². The first kappa shape index (κ1) is 16.8. The number of aromatic amines is 1. The number of aromatic nitrogens is 2. The third kappa shape index (κ3) is 4.50. The van der Waals surface area contributed by atoms with E-state index in [0.29, 0.717) is 23.8 Å². The number of hydrogen-bond acceptors (Lipinski definition) is 5. The van der Waals surface area contributed by atoms with Gasteiger partial charge in [-0.25, -0.2) is 4.98 Å². The van der Waals surface area contributed by atoms with E-state index in [1.165, 1.54) is 6.07 Å². The van der Waals surface area contributed by atoms with Crippen LogP contribution >= 0.6 is 0 Å². The van der Waals surface area contributed by atoms with Gasteiger partial charge in [-0.05, 0) is 37.6 Å². The zero-order valence-electron chi connectivity index (χ0n) is 14.2. The summed E-state index contributed by atoms with van der Waals surface area (Å²) in [7, 11) is 0. The Labute approximate surface area is 145 Å². The molecule has 130 valence electrons. The molecule has 0 aliphatic heterocycles. The number of H-pyrrole nitrogens is 1. The van der Waals surface area contributed by atoms with Crippen LogP contribution in [0, 0.1) is 0 Å². The van der Waals surface area contributed by atoms with Crippen molar-refractivity contribution in [1.29, 1.82) is 0 Å². The largest absolute Gasteiger partial charge is 0.494 e. The highest BCUT2D eigenvalue weighted by atomic mass is 16.5. The number of nitrogens with one attached hydrogen (secondary N) is 1. The average Bonchev–Trinajstić information content (AvgIpc) is 3.02. The molecule has 0 spiro atoms. The van der Waals surface area contributed by atoms with Crippen molar-refractivity contribution >= 4 is 0 Å². The van der Waals surface area contributed by atoms with Crippen LogP contribution in [0.25, 0.3) is 11.3 Å². The molecule has 0 saturated carbocycles. The van der Waals surface area contributed by atoms with Gasteiger partial charge in [0.1, 0.15) is 11.9 Å². The molecule has 1 unspecified atom stereocenters. The Morgan fingerprint density at radius 3 is 2.80 bits per heavy atom. The molecular formula is C19H20N2O4. The lowest BCUT2D eigenvalue weighted by atomic mass is 10.1. The van der Waals surface area contributed by atoms with E-state index in [9.17, 15) is 4.79 Å². The van der Waals surface area contributed by atoms with Crippen LogP contribution in [0.4, 0.5) is 0 Å². The van der Waals surface area contributed by atoms with Crippen LogP contribution in [0.2, 0.25) is 0 Å². The maximum absolute atomic E-state index is 11.1. The highest BCUT2D eigenvalue weighted by Gasteiger charge is 2.09. The van der Waals surface area contributed by atoms with Gasteiger partial charge < -0.3 is 14.0 Å². The van der Waals surface area contributed by atoms with Gasteiger partial charge in [0, 0.05) is 24.2 Å². The van der Waals surface area contributed by atoms with E-state index in [4.69, 9.17) is 14.0 Å². The fourth-order valence-corrected chi connectivity index (χ4v) is 2.53. The van der Waals surface area contributed by atoms with Crippen molar-refractivity contribution < 1.29 is 14.0 Å². The van der Waals surface area contributed by atoms with Crippen LogP contribution in [0.3, 0.4) is 0 Å². The summed E-state index contributed by atoms with van der Waals surface area (Å²) < 4.78 is 16.4. The van der Waals surface area contributed by atoms with Crippen molar-refractivity contribution in [2.45, 2.75) is 26.4 Å². The highest BCUT2D eigenvalue weighted by Crippen LogP contribution is 2.20. The first-order valence-electron chi connectivity index (χ1n) is 8.17. The van der Waals surface area contributed by atoms with Crippen molar-refractivity contribution in [1.82, 2.24) is 10.1 Å². The second kappa shape index (κ2) is 7.70. The molecule has 0 radical (unpaired) electrons. The summed E-state index contributed by atoms with van der Waals surface area (Å²) in [6, 6.07) is 12.9. The predicted octanol–water partition coefficient (Wildman–Crippen LogP) is 3.44. The molecule has 0 fully saturated rings. The fourth-order valence-electron chi connectivity index (χ4n) is 2.53. The van der Waals surface area contributed by atoms with Gasteiger partial charge in [-0.3, -0.25) is 4.79 Å². The predicted molar refractivity (Wildman–Crippen MR) is 94.0 cm³/mol. The summed E-state index contributed by atoms with van der Waals surface area (Å²) in [5.74, 6) is 1.84. The normalized spacial score (nSPS) is 11.9. The lowest BCUT2D eigenvalue weighted by Gasteiger charge is -2.14. The fraction of sp³-hybridized carbons (Fsp3) is 0.263. The molecule has 1 atom stereocenters. The summed E-state index contributed by atoms with van der Waals surface area (Å²) in [6.45, 7) is 4.60. The van der Waals surface area contributed by atoms with Crippen molar-refractivity contribution in [3.8, 4) is 23.0 Å². The molecule has 1 aromatic carbocycles. The van der Waals surface area contributed by atoms with Crippen molar-refractivity contribution in [3.05, 3.63) is 64.6 Å². The van der Waals surface area contributed by atoms with Crippen LogP contribution in [-0.2, 0) is 6.42 Å². The second-order valence-corrected chi connectivity index (χ2v) is 5.68. The third-order valence-electron chi connectivity index (χ3n) is 3.60. The van der Waals surface area contributed by atoms with Gasteiger partial charge in [-0.1, -0.05) is 12.1 Å². The lowest BCUT2D eigenvalue weighted by Crippen LogP contribution is -2.15. The summed E-state index contributed by atoms with van der Waals surface area (Å²) in [4.78, 5) is 15.4. The first-order valence-corrected chi connectivity index (χ1v) is 8.17. The molecule has 25 heavy (non-hydrogen) atoms. The molecule has 0 aliphatic carbocycles. The van der Waals surface area contributed by atoms with Crippen LogP contribution in [0.1, 0.15) is 19.4 Å². The molecule has 6 heteroatoms. The van der Waals surface area contributed by atoms with E-state index in [1.807, 2.05) is 38.1 Å². The Balaban J connectivity index is 1.62. The standard InChI is InChI=1S/C19H20N2O4/c1-3-23-16-6-4-5-14(10-16)9-13(2)24-19-8-7-15(12-20-19)17-11-18(22)21-25-17/h4-8,10-13H,3,9H2,1-2H3,(H,21,22). The lowest BCUT2D eigenvalue weighted by molar-refractivity contribution is 0.213. The highest BCUT2D eigenvalue weighted by molar-refractivity contribution is 5.55.